The van der Waals surface area contributed by atoms with Crippen molar-refractivity contribution in [1.82, 2.24) is 4.72 Å². The van der Waals surface area contributed by atoms with Crippen molar-refractivity contribution in [2.24, 2.45) is 0 Å². The van der Waals surface area contributed by atoms with Crippen LogP contribution < -0.4 is 14.2 Å². The van der Waals surface area contributed by atoms with Crippen LogP contribution in [0.4, 0.5) is 0 Å². The third-order valence-electron chi connectivity index (χ3n) is 4.65. The van der Waals surface area contributed by atoms with E-state index in [1.807, 2.05) is 0 Å². The first kappa shape index (κ1) is 22.8. The van der Waals surface area contributed by atoms with Gasteiger partial charge in [-0.15, -0.1) is 0 Å². The van der Waals surface area contributed by atoms with E-state index < -0.39 is 19.9 Å². The quantitative estimate of drug-likeness (QED) is 0.526. The summed E-state index contributed by atoms with van der Waals surface area (Å²) in [4.78, 5) is -0.110. The molecular weight excluding hydrogens is 438 g/mol. The molecule has 9 heteroatoms. The van der Waals surface area contributed by atoms with Gasteiger partial charge in [0.2, 0.25) is 19.9 Å². The van der Waals surface area contributed by atoms with E-state index in [0.717, 1.165) is 11.6 Å². The lowest BCUT2D eigenvalue weighted by Crippen LogP contribution is -2.26. The SMILES string of the molecule is COc1ccc(OC)c(CCNS(=O)(=O)c2cccc(S(=O)(=O)c3ccccc3)c2)c1. The summed E-state index contributed by atoms with van der Waals surface area (Å²) >= 11 is 0. The van der Waals surface area contributed by atoms with Crippen LogP contribution >= 0.6 is 0 Å². The lowest BCUT2D eigenvalue weighted by molar-refractivity contribution is 0.398. The van der Waals surface area contributed by atoms with E-state index in [4.69, 9.17) is 9.47 Å². The second kappa shape index (κ2) is 9.51. The van der Waals surface area contributed by atoms with Gasteiger partial charge in [-0.25, -0.2) is 21.6 Å². The monoisotopic (exact) mass is 461 g/mol. The van der Waals surface area contributed by atoms with Crippen LogP contribution in [0.5, 0.6) is 11.5 Å². The summed E-state index contributed by atoms with van der Waals surface area (Å²) in [5.41, 5.74) is 0.782. The van der Waals surface area contributed by atoms with Crippen LogP contribution in [-0.4, -0.2) is 37.6 Å². The Morgan fingerprint density at radius 1 is 0.742 bits per heavy atom. The summed E-state index contributed by atoms with van der Waals surface area (Å²) in [6.07, 6.45) is 0.363. The number of nitrogens with one attached hydrogen (secondary N) is 1. The summed E-state index contributed by atoms with van der Waals surface area (Å²) in [7, 11) is -4.66. The molecule has 1 N–H and O–H groups in total. The second-order valence-corrected chi connectivity index (χ2v) is 10.3. The highest BCUT2D eigenvalue weighted by molar-refractivity contribution is 7.91. The van der Waals surface area contributed by atoms with Crippen LogP contribution in [0.15, 0.2) is 87.5 Å². The van der Waals surface area contributed by atoms with Gasteiger partial charge in [0, 0.05) is 6.54 Å². The first-order valence-electron chi connectivity index (χ1n) is 9.39. The molecule has 0 saturated heterocycles. The van der Waals surface area contributed by atoms with Gasteiger partial charge in [-0.05, 0) is 60.5 Å². The van der Waals surface area contributed by atoms with Gasteiger partial charge in [-0.3, -0.25) is 0 Å². The summed E-state index contributed by atoms with van der Waals surface area (Å²) in [6, 6.07) is 18.5. The fourth-order valence-corrected chi connectivity index (χ4v) is 5.50. The van der Waals surface area contributed by atoms with Crippen molar-refractivity contribution >= 4 is 19.9 Å². The molecule has 0 bridgehead atoms. The molecule has 0 amide bonds. The van der Waals surface area contributed by atoms with Gasteiger partial charge in [0.05, 0.1) is 28.9 Å². The van der Waals surface area contributed by atoms with Crippen LogP contribution in [0.1, 0.15) is 5.56 Å². The number of hydrogen-bond acceptors (Lipinski definition) is 6. The Kier molecular flexibility index (Phi) is 6.99. The van der Waals surface area contributed by atoms with E-state index in [-0.39, 0.29) is 21.2 Å². The Labute approximate surface area is 182 Å². The average Bonchev–Trinajstić information content (AvgIpc) is 2.79. The van der Waals surface area contributed by atoms with Gasteiger partial charge in [0.1, 0.15) is 11.5 Å². The Bertz CT molecular complexity index is 1260. The van der Waals surface area contributed by atoms with Crippen molar-refractivity contribution in [3.05, 3.63) is 78.4 Å². The molecule has 7 nitrogen and oxygen atoms in total. The molecule has 0 atom stereocenters. The normalized spacial score (nSPS) is 11.8. The van der Waals surface area contributed by atoms with Crippen LogP contribution in [0.25, 0.3) is 0 Å². The van der Waals surface area contributed by atoms with Gasteiger partial charge < -0.3 is 9.47 Å². The predicted octanol–water partition coefficient (Wildman–Crippen LogP) is 3.06. The zero-order valence-electron chi connectivity index (χ0n) is 17.1. The van der Waals surface area contributed by atoms with E-state index in [0.29, 0.717) is 17.9 Å². The highest BCUT2D eigenvalue weighted by Crippen LogP contribution is 2.25. The first-order chi connectivity index (χ1) is 14.8. The lowest BCUT2D eigenvalue weighted by Gasteiger charge is -2.12. The predicted molar refractivity (Wildman–Crippen MR) is 117 cm³/mol. The van der Waals surface area contributed by atoms with E-state index in [2.05, 4.69) is 4.72 Å². The zero-order chi connectivity index (χ0) is 22.5. The maximum atomic E-state index is 12.8. The molecule has 0 heterocycles. The molecule has 3 aromatic carbocycles. The van der Waals surface area contributed by atoms with Crippen molar-refractivity contribution in [3.63, 3.8) is 0 Å². The minimum Gasteiger partial charge on any atom is -0.497 e. The van der Waals surface area contributed by atoms with Crippen molar-refractivity contribution in [3.8, 4) is 11.5 Å². The Morgan fingerprint density at radius 3 is 2.10 bits per heavy atom. The second-order valence-electron chi connectivity index (χ2n) is 6.62. The fraction of sp³-hybridized carbons (Fsp3) is 0.182. The van der Waals surface area contributed by atoms with Crippen LogP contribution in [0.2, 0.25) is 0 Å². The summed E-state index contributed by atoms with van der Waals surface area (Å²) in [5, 5.41) is 0. The number of methoxy groups -OCH3 is 2. The number of rotatable bonds is 9. The molecule has 164 valence electrons. The van der Waals surface area contributed by atoms with Crippen LogP contribution in [-0.2, 0) is 26.3 Å². The van der Waals surface area contributed by atoms with Gasteiger partial charge in [-0.2, -0.15) is 0 Å². The average molecular weight is 462 g/mol. The molecule has 0 fully saturated rings. The molecule has 0 saturated carbocycles. The van der Waals surface area contributed by atoms with Crippen LogP contribution in [0, 0.1) is 0 Å². The molecule has 0 unspecified atom stereocenters. The summed E-state index contributed by atoms with van der Waals surface area (Å²) < 4.78 is 64.1. The molecule has 3 rings (SSSR count). The summed E-state index contributed by atoms with van der Waals surface area (Å²) in [6.45, 7) is 0.0987. The molecule has 0 aliphatic heterocycles. The summed E-state index contributed by atoms with van der Waals surface area (Å²) in [5.74, 6) is 1.26. The molecule has 0 aliphatic rings. The minimum absolute atomic E-state index is 0.0870. The minimum atomic E-state index is -3.92. The number of sulfone groups is 1. The third kappa shape index (κ3) is 5.25. The van der Waals surface area contributed by atoms with Gasteiger partial charge >= 0.3 is 0 Å². The largest absolute Gasteiger partial charge is 0.497 e. The number of sulfonamides is 1. The molecular formula is C22H23NO6S2. The maximum Gasteiger partial charge on any atom is 0.240 e. The maximum absolute atomic E-state index is 12.8. The van der Waals surface area contributed by atoms with Gasteiger partial charge in [-0.1, -0.05) is 24.3 Å². The van der Waals surface area contributed by atoms with E-state index in [1.165, 1.54) is 37.4 Å². The molecule has 3 aromatic rings. The third-order valence-corrected chi connectivity index (χ3v) is 7.88. The van der Waals surface area contributed by atoms with Crippen molar-refractivity contribution in [2.45, 2.75) is 21.1 Å². The van der Waals surface area contributed by atoms with Crippen molar-refractivity contribution in [2.75, 3.05) is 20.8 Å². The Balaban J connectivity index is 1.79. The molecule has 0 aromatic heterocycles. The smallest absolute Gasteiger partial charge is 0.240 e. The van der Waals surface area contributed by atoms with Crippen LogP contribution in [0.3, 0.4) is 0 Å². The molecule has 0 aliphatic carbocycles. The van der Waals surface area contributed by atoms with E-state index in [1.54, 1.807) is 43.5 Å². The van der Waals surface area contributed by atoms with Gasteiger partial charge in [0.15, 0.2) is 0 Å². The Morgan fingerprint density at radius 2 is 1.42 bits per heavy atom. The first-order valence-corrected chi connectivity index (χ1v) is 12.4. The van der Waals surface area contributed by atoms with E-state index in [9.17, 15) is 16.8 Å². The fourth-order valence-electron chi connectivity index (χ4n) is 3.02. The topological polar surface area (TPSA) is 98.8 Å². The Hall–Kier alpha value is -2.88. The lowest BCUT2D eigenvalue weighted by atomic mass is 10.1. The highest BCUT2D eigenvalue weighted by atomic mass is 32.2. The molecule has 0 spiro atoms. The zero-order valence-corrected chi connectivity index (χ0v) is 18.7. The standard InChI is InChI=1S/C22H23NO6S2/c1-28-18-11-12-22(29-2)17(15-18)13-14-23-31(26,27)21-10-6-9-20(16-21)30(24,25)19-7-4-3-5-8-19/h3-12,15-16,23H,13-14H2,1-2H3. The number of benzene rings is 3. The number of ether oxygens (including phenoxy) is 2. The van der Waals surface area contributed by atoms with Gasteiger partial charge in [0.25, 0.3) is 0 Å². The van der Waals surface area contributed by atoms with Crippen molar-refractivity contribution < 1.29 is 26.3 Å². The highest BCUT2D eigenvalue weighted by Gasteiger charge is 2.21. The molecule has 0 radical (unpaired) electrons. The van der Waals surface area contributed by atoms with Crippen molar-refractivity contribution in [1.29, 1.82) is 0 Å². The van der Waals surface area contributed by atoms with E-state index >= 15 is 0 Å². The molecule has 31 heavy (non-hydrogen) atoms. The number of hydrogen-bond donors (Lipinski definition) is 1.